The van der Waals surface area contributed by atoms with Crippen LogP contribution < -0.4 is 15.0 Å². The normalized spacial score (nSPS) is 15.6. The lowest BCUT2D eigenvalue weighted by Gasteiger charge is -2.28. The summed E-state index contributed by atoms with van der Waals surface area (Å²) in [5.74, 6) is 0.268. The maximum atomic E-state index is 12.9. The van der Waals surface area contributed by atoms with E-state index in [0.29, 0.717) is 22.7 Å². The van der Waals surface area contributed by atoms with Gasteiger partial charge < -0.3 is 9.15 Å². The summed E-state index contributed by atoms with van der Waals surface area (Å²) in [6.45, 7) is 0. The predicted octanol–water partition coefficient (Wildman–Crippen LogP) is 3.90. The number of hydrogen-bond acceptors (Lipinski definition) is 5. The number of amides is 2. The Kier molecular flexibility index (Phi) is 4.74. The molecule has 0 atom stereocenters. The Bertz CT molecular complexity index is 1060. The summed E-state index contributed by atoms with van der Waals surface area (Å²) in [5.41, 5.74) is 1.10. The lowest BCUT2D eigenvalue weighted by Crippen LogP contribution is -2.54. The van der Waals surface area contributed by atoms with Gasteiger partial charge >= 0.3 is 0 Å². The highest BCUT2D eigenvalue weighted by Crippen LogP contribution is 2.27. The van der Waals surface area contributed by atoms with Crippen molar-refractivity contribution in [3.63, 3.8) is 0 Å². The molecular formula is C21H14N2O4S. The number of thiocarbonyl (C=S) groups is 1. The van der Waals surface area contributed by atoms with Gasteiger partial charge in [-0.15, -0.1) is 0 Å². The van der Waals surface area contributed by atoms with Gasteiger partial charge in [0.15, 0.2) is 5.11 Å². The Labute approximate surface area is 166 Å². The minimum Gasteiger partial charge on any atom is -0.472 e. The molecule has 0 aliphatic carbocycles. The van der Waals surface area contributed by atoms with Crippen molar-refractivity contribution in [2.75, 3.05) is 4.90 Å². The highest BCUT2D eigenvalue weighted by molar-refractivity contribution is 7.80. The summed E-state index contributed by atoms with van der Waals surface area (Å²) >= 11 is 5.20. The molecule has 1 fully saturated rings. The van der Waals surface area contributed by atoms with E-state index in [4.69, 9.17) is 21.4 Å². The summed E-state index contributed by atoms with van der Waals surface area (Å²) in [7, 11) is 0. The van der Waals surface area contributed by atoms with Crippen molar-refractivity contribution in [1.82, 2.24) is 5.32 Å². The van der Waals surface area contributed by atoms with Gasteiger partial charge in [-0.1, -0.05) is 18.2 Å². The number of nitrogens with one attached hydrogen (secondary N) is 1. The summed E-state index contributed by atoms with van der Waals surface area (Å²) in [6, 6.07) is 17.9. The van der Waals surface area contributed by atoms with E-state index in [1.807, 2.05) is 30.3 Å². The van der Waals surface area contributed by atoms with Crippen molar-refractivity contribution in [3.05, 3.63) is 84.3 Å². The van der Waals surface area contributed by atoms with Crippen LogP contribution in [0, 0.1) is 0 Å². The van der Waals surface area contributed by atoms with Crippen LogP contribution in [-0.4, -0.2) is 16.9 Å². The number of anilines is 1. The Morgan fingerprint density at radius 1 is 0.964 bits per heavy atom. The quantitative estimate of drug-likeness (QED) is 0.416. The number of rotatable bonds is 4. The molecule has 138 valence electrons. The third kappa shape index (κ3) is 3.56. The van der Waals surface area contributed by atoms with Gasteiger partial charge in [0.2, 0.25) is 0 Å². The predicted molar refractivity (Wildman–Crippen MR) is 108 cm³/mol. The van der Waals surface area contributed by atoms with E-state index in [9.17, 15) is 9.59 Å². The first-order valence-corrected chi connectivity index (χ1v) is 8.79. The van der Waals surface area contributed by atoms with Crippen LogP contribution in [0.15, 0.2) is 83.2 Å². The average molecular weight is 390 g/mol. The van der Waals surface area contributed by atoms with Crippen LogP contribution >= 0.6 is 12.2 Å². The van der Waals surface area contributed by atoms with Gasteiger partial charge in [0, 0.05) is 5.56 Å². The molecule has 2 amide bonds. The van der Waals surface area contributed by atoms with Crippen LogP contribution in [0.5, 0.6) is 11.5 Å². The minimum absolute atomic E-state index is 0.0241. The SMILES string of the molecule is O=C1NC(=S)N(c2ccc(Oc3ccccc3)cc2)C(=O)C1=Cc1ccoc1. The number of furan rings is 1. The van der Waals surface area contributed by atoms with E-state index >= 15 is 0 Å². The van der Waals surface area contributed by atoms with E-state index in [-0.39, 0.29) is 10.7 Å². The maximum Gasteiger partial charge on any atom is 0.270 e. The van der Waals surface area contributed by atoms with Gasteiger partial charge in [0.25, 0.3) is 11.8 Å². The van der Waals surface area contributed by atoms with Crippen molar-refractivity contribution in [1.29, 1.82) is 0 Å². The number of carbonyl (C=O) groups excluding carboxylic acids is 2. The van der Waals surface area contributed by atoms with Crippen LogP contribution in [0.3, 0.4) is 0 Å². The van der Waals surface area contributed by atoms with Crippen LogP contribution in [0.4, 0.5) is 5.69 Å². The molecule has 1 N–H and O–H groups in total. The molecule has 4 rings (SSSR count). The molecule has 0 unspecified atom stereocenters. The second-order valence-electron chi connectivity index (χ2n) is 5.92. The third-order valence-electron chi connectivity index (χ3n) is 4.03. The zero-order valence-electron chi connectivity index (χ0n) is 14.5. The van der Waals surface area contributed by atoms with Crippen molar-refractivity contribution in [2.45, 2.75) is 0 Å². The Balaban J connectivity index is 1.59. The number of nitrogens with zero attached hydrogens (tertiary/aromatic N) is 1. The second kappa shape index (κ2) is 7.50. The molecule has 6 nitrogen and oxygen atoms in total. The van der Waals surface area contributed by atoms with Crippen molar-refractivity contribution >= 4 is 40.9 Å². The molecule has 1 aliphatic heterocycles. The smallest absolute Gasteiger partial charge is 0.270 e. The van der Waals surface area contributed by atoms with Crippen LogP contribution in [0.2, 0.25) is 0 Å². The van der Waals surface area contributed by atoms with Crippen LogP contribution in [0.25, 0.3) is 6.08 Å². The fourth-order valence-electron chi connectivity index (χ4n) is 2.70. The van der Waals surface area contributed by atoms with Gasteiger partial charge in [-0.25, -0.2) is 0 Å². The fraction of sp³-hybridized carbons (Fsp3) is 0. The third-order valence-corrected chi connectivity index (χ3v) is 4.31. The second-order valence-corrected chi connectivity index (χ2v) is 6.31. The van der Waals surface area contributed by atoms with Crippen LogP contribution in [-0.2, 0) is 9.59 Å². The average Bonchev–Trinajstić information content (AvgIpc) is 3.20. The number of carbonyl (C=O) groups is 2. The molecular weight excluding hydrogens is 376 g/mol. The lowest BCUT2D eigenvalue weighted by molar-refractivity contribution is -0.122. The monoisotopic (exact) mass is 390 g/mol. The molecule has 0 radical (unpaired) electrons. The molecule has 7 heteroatoms. The van der Waals surface area contributed by atoms with E-state index in [1.165, 1.54) is 23.5 Å². The Hall–Kier alpha value is -3.71. The summed E-state index contributed by atoms with van der Waals surface area (Å²) in [6.07, 6.45) is 4.37. The van der Waals surface area contributed by atoms with Crippen LogP contribution in [0.1, 0.15) is 5.56 Å². The molecule has 1 saturated heterocycles. The lowest BCUT2D eigenvalue weighted by atomic mass is 10.1. The van der Waals surface area contributed by atoms with Crippen molar-refractivity contribution in [2.24, 2.45) is 0 Å². The van der Waals surface area contributed by atoms with E-state index in [2.05, 4.69) is 5.32 Å². The summed E-state index contributed by atoms with van der Waals surface area (Å²) in [5, 5.41) is 2.57. The molecule has 0 spiro atoms. The summed E-state index contributed by atoms with van der Waals surface area (Å²) < 4.78 is 10.7. The highest BCUT2D eigenvalue weighted by Gasteiger charge is 2.34. The fourth-order valence-corrected chi connectivity index (χ4v) is 2.98. The molecule has 1 aromatic heterocycles. The standard InChI is InChI=1S/C21H14N2O4S/c24-19-18(12-14-10-11-26-13-14)20(25)23(21(28)22-19)15-6-8-17(9-7-15)27-16-4-2-1-3-5-16/h1-13H,(H,22,24,28). The number of para-hydroxylation sites is 1. The molecule has 0 saturated carbocycles. The first kappa shape index (κ1) is 17.7. The molecule has 2 aromatic carbocycles. The van der Waals surface area contributed by atoms with Gasteiger partial charge in [-0.2, -0.15) is 0 Å². The van der Waals surface area contributed by atoms with E-state index < -0.39 is 11.8 Å². The van der Waals surface area contributed by atoms with Gasteiger partial charge in [-0.05, 0) is 60.8 Å². The maximum absolute atomic E-state index is 12.9. The van der Waals surface area contributed by atoms with Gasteiger partial charge in [-0.3, -0.25) is 19.8 Å². The van der Waals surface area contributed by atoms with Gasteiger partial charge in [0.05, 0.1) is 18.2 Å². The topological polar surface area (TPSA) is 71.8 Å². The first-order chi connectivity index (χ1) is 13.6. The highest BCUT2D eigenvalue weighted by atomic mass is 32.1. The number of hydrogen-bond donors (Lipinski definition) is 1. The van der Waals surface area contributed by atoms with Crippen molar-refractivity contribution < 1.29 is 18.7 Å². The largest absolute Gasteiger partial charge is 0.472 e. The molecule has 1 aliphatic rings. The zero-order chi connectivity index (χ0) is 19.5. The minimum atomic E-state index is -0.545. The van der Waals surface area contributed by atoms with Crippen molar-refractivity contribution in [3.8, 4) is 11.5 Å². The summed E-state index contributed by atoms with van der Waals surface area (Å²) in [4.78, 5) is 26.4. The zero-order valence-corrected chi connectivity index (χ0v) is 15.3. The molecule has 0 bridgehead atoms. The Morgan fingerprint density at radius 3 is 2.36 bits per heavy atom. The first-order valence-electron chi connectivity index (χ1n) is 8.38. The van der Waals surface area contributed by atoms with E-state index in [0.717, 1.165) is 0 Å². The van der Waals surface area contributed by atoms with Gasteiger partial charge in [0.1, 0.15) is 17.1 Å². The number of benzene rings is 2. The molecule has 28 heavy (non-hydrogen) atoms. The Morgan fingerprint density at radius 2 is 1.68 bits per heavy atom. The molecule has 3 aromatic rings. The van der Waals surface area contributed by atoms with E-state index in [1.54, 1.807) is 30.3 Å². The molecule has 2 heterocycles. The number of ether oxygens (including phenoxy) is 1.